The van der Waals surface area contributed by atoms with Crippen LogP contribution in [-0.2, 0) is 0 Å². The third-order valence-electron chi connectivity index (χ3n) is 3.45. The smallest absolute Gasteiger partial charge is 0.0175 e. The van der Waals surface area contributed by atoms with Crippen LogP contribution < -0.4 is 0 Å². The summed E-state index contributed by atoms with van der Waals surface area (Å²) in [5.74, 6) is 0.842. The monoisotopic (exact) mass is 197 g/mol. The van der Waals surface area contributed by atoms with Crippen LogP contribution in [0.15, 0.2) is 0 Å². The second kappa shape index (κ2) is 3.52. The second-order valence-corrected chi connectivity index (χ2v) is 6.94. The zero-order chi connectivity index (χ0) is 11.1. The molecule has 1 fully saturated rings. The molecule has 1 aliphatic rings. The highest BCUT2D eigenvalue weighted by Gasteiger charge is 2.43. The maximum atomic E-state index is 2.69. The van der Waals surface area contributed by atoms with E-state index in [1.54, 1.807) is 0 Å². The van der Waals surface area contributed by atoms with E-state index in [-0.39, 0.29) is 0 Å². The summed E-state index contributed by atoms with van der Waals surface area (Å²) in [6, 6.07) is 0.738. The van der Waals surface area contributed by atoms with Crippen LogP contribution in [0.2, 0.25) is 0 Å². The lowest BCUT2D eigenvalue weighted by atomic mass is 9.79. The van der Waals surface area contributed by atoms with Crippen LogP contribution in [0, 0.1) is 11.3 Å². The predicted octanol–water partition coefficient (Wildman–Crippen LogP) is 3.54. The van der Waals surface area contributed by atoms with Crippen LogP contribution in [0.25, 0.3) is 0 Å². The Balaban J connectivity index is 2.88. The largest absolute Gasteiger partial charge is 0.295 e. The first-order valence-corrected chi connectivity index (χ1v) is 5.91. The molecule has 0 spiro atoms. The van der Waals surface area contributed by atoms with Gasteiger partial charge in [0.2, 0.25) is 0 Å². The number of hydrogen-bond acceptors (Lipinski definition) is 1. The molecule has 1 unspecified atom stereocenters. The average Bonchev–Trinajstić information content (AvgIpc) is 2.27. The molecule has 1 rings (SSSR count). The van der Waals surface area contributed by atoms with Crippen molar-refractivity contribution in [2.24, 2.45) is 11.3 Å². The second-order valence-electron chi connectivity index (χ2n) is 6.94. The van der Waals surface area contributed by atoms with Crippen LogP contribution in [0.3, 0.4) is 0 Å². The molecule has 0 N–H and O–H groups in total. The van der Waals surface area contributed by atoms with Gasteiger partial charge in [-0.05, 0) is 45.1 Å². The van der Waals surface area contributed by atoms with Crippen molar-refractivity contribution >= 4 is 0 Å². The van der Waals surface area contributed by atoms with Crippen LogP contribution >= 0.6 is 0 Å². The Hall–Kier alpha value is -0.0400. The predicted molar refractivity (Wildman–Crippen MR) is 63.5 cm³/mol. The molecule has 1 nitrogen and oxygen atoms in total. The van der Waals surface area contributed by atoms with Crippen molar-refractivity contribution in [3.63, 3.8) is 0 Å². The Bertz CT molecular complexity index is 194. The highest BCUT2D eigenvalue weighted by atomic mass is 15.2. The van der Waals surface area contributed by atoms with Gasteiger partial charge in [0.15, 0.2) is 0 Å². The molecular weight excluding hydrogens is 170 g/mol. The third-order valence-corrected chi connectivity index (χ3v) is 3.45. The minimum atomic E-state index is 0.322. The molecule has 1 aliphatic heterocycles. The fourth-order valence-electron chi connectivity index (χ4n) is 3.02. The summed E-state index contributed by atoms with van der Waals surface area (Å²) in [7, 11) is 0. The molecule has 0 amide bonds. The first-order chi connectivity index (χ1) is 6.14. The van der Waals surface area contributed by atoms with Crippen LogP contribution in [0.1, 0.15) is 54.9 Å². The molecule has 0 bridgehead atoms. The maximum Gasteiger partial charge on any atom is 0.0175 e. The standard InChI is InChI=1S/C13H27N/c1-10-8-9-14(13(5,6)7)11(10)12(2,3)4/h10-11H,8-9H2,1-7H3/t10-,11?/m0/s1. The molecule has 1 heterocycles. The lowest BCUT2D eigenvalue weighted by Crippen LogP contribution is -2.51. The minimum Gasteiger partial charge on any atom is -0.295 e. The number of hydrogen-bond donors (Lipinski definition) is 0. The van der Waals surface area contributed by atoms with Crippen molar-refractivity contribution in [3.8, 4) is 0 Å². The SMILES string of the molecule is C[C@H]1CCN(C(C)(C)C)C1C(C)(C)C. The molecule has 0 saturated carbocycles. The first kappa shape index (κ1) is 12.0. The molecular formula is C13H27N. The highest BCUT2D eigenvalue weighted by molar-refractivity contribution is 4.97. The van der Waals surface area contributed by atoms with Gasteiger partial charge in [-0.1, -0.05) is 27.7 Å². The highest BCUT2D eigenvalue weighted by Crippen LogP contribution is 2.40. The number of rotatable bonds is 0. The Morgan fingerprint density at radius 3 is 1.79 bits per heavy atom. The van der Waals surface area contributed by atoms with Gasteiger partial charge in [-0.15, -0.1) is 0 Å². The van der Waals surface area contributed by atoms with Gasteiger partial charge in [-0.3, -0.25) is 4.90 Å². The van der Waals surface area contributed by atoms with E-state index in [9.17, 15) is 0 Å². The van der Waals surface area contributed by atoms with Gasteiger partial charge in [0, 0.05) is 11.6 Å². The molecule has 2 atom stereocenters. The molecule has 0 aromatic rings. The van der Waals surface area contributed by atoms with E-state index >= 15 is 0 Å². The van der Waals surface area contributed by atoms with E-state index in [0.29, 0.717) is 11.0 Å². The Morgan fingerprint density at radius 2 is 1.50 bits per heavy atom. The Kier molecular flexibility index (Phi) is 3.02. The van der Waals surface area contributed by atoms with Gasteiger partial charge in [0.1, 0.15) is 0 Å². The fraction of sp³-hybridized carbons (Fsp3) is 1.00. The zero-order valence-electron chi connectivity index (χ0n) is 11.0. The zero-order valence-corrected chi connectivity index (χ0v) is 11.0. The normalized spacial score (nSPS) is 31.1. The average molecular weight is 197 g/mol. The van der Waals surface area contributed by atoms with Crippen LogP contribution in [-0.4, -0.2) is 23.0 Å². The van der Waals surface area contributed by atoms with Crippen molar-refractivity contribution in [1.82, 2.24) is 4.90 Å². The van der Waals surface area contributed by atoms with Gasteiger partial charge in [-0.25, -0.2) is 0 Å². The van der Waals surface area contributed by atoms with Gasteiger partial charge >= 0.3 is 0 Å². The van der Waals surface area contributed by atoms with Crippen LogP contribution in [0.4, 0.5) is 0 Å². The van der Waals surface area contributed by atoms with Crippen molar-refractivity contribution in [3.05, 3.63) is 0 Å². The van der Waals surface area contributed by atoms with E-state index in [0.717, 1.165) is 12.0 Å². The quantitative estimate of drug-likeness (QED) is 0.574. The number of likely N-dealkylation sites (tertiary alicyclic amines) is 1. The first-order valence-electron chi connectivity index (χ1n) is 5.91. The number of nitrogens with zero attached hydrogens (tertiary/aromatic N) is 1. The van der Waals surface area contributed by atoms with E-state index in [4.69, 9.17) is 0 Å². The van der Waals surface area contributed by atoms with E-state index in [1.807, 2.05) is 0 Å². The van der Waals surface area contributed by atoms with Crippen LogP contribution in [0.5, 0.6) is 0 Å². The van der Waals surface area contributed by atoms with Crippen molar-refractivity contribution in [2.75, 3.05) is 6.54 Å². The molecule has 0 radical (unpaired) electrons. The minimum absolute atomic E-state index is 0.322. The molecule has 0 aromatic heterocycles. The summed E-state index contributed by atoms with van der Waals surface area (Å²) in [5, 5.41) is 0. The molecule has 1 saturated heterocycles. The lowest BCUT2D eigenvalue weighted by molar-refractivity contribution is 0.0424. The van der Waals surface area contributed by atoms with Crippen molar-refractivity contribution < 1.29 is 0 Å². The summed E-state index contributed by atoms with van der Waals surface area (Å²) in [6.45, 7) is 17.8. The summed E-state index contributed by atoms with van der Waals surface area (Å²) >= 11 is 0. The Morgan fingerprint density at radius 1 is 1.00 bits per heavy atom. The fourth-order valence-corrected chi connectivity index (χ4v) is 3.02. The molecule has 14 heavy (non-hydrogen) atoms. The molecule has 84 valence electrons. The third kappa shape index (κ3) is 2.31. The van der Waals surface area contributed by atoms with Gasteiger partial charge in [0.05, 0.1) is 0 Å². The van der Waals surface area contributed by atoms with Gasteiger partial charge in [0.25, 0.3) is 0 Å². The van der Waals surface area contributed by atoms with Gasteiger partial charge in [-0.2, -0.15) is 0 Å². The Labute approximate surface area is 89.9 Å². The van der Waals surface area contributed by atoms with E-state index in [1.165, 1.54) is 13.0 Å². The summed E-state index contributed by atoms with van der Waals surface area (Å²) in [6.07, 6.45) is 1.36. The summed E-state index contributed by atoms with van der Waals surface area (Å²) < 4.78 is 0. The summed E-state index contributed by atoms with van der Waals surface area (Å²) in [5.41, 5.74) is 0.728. The van der Waals surface area contributed by atoms with Crippen molar-refractivity contribution in [2.45, 2.75) is 66.5 Å². The molecule has 0 aliphatic carbocycles. The maximum absolute atomic E-state index is 2.69. The lowest BCUT2D eigenvalue weighted by Gasteiger charge is -2.44. The molecule has 0 aromatic carbocycles. The topological polar surface area (TPSA) is 3.24 Å². The van der Waals surface area contributed by atoms with Crippen molar-refractivity contribution in [1.29, 1.82) is 0 Å². The molecule has 1 heteroatoms. The van der Waals surface area contributed by atoms with E-state index < -0.39 is 0 Å². The summed E-state index contributed by atoms with van der Waals surface area (Å²) in [4.78, 5) is 2.69. The van der Waals surface area contributed by atoms with Gasteiger partial charge < -0.3 is 0 Å². The van der Waals surface area contributed by atoms with E-state index in [2.05, 4.69) is 53.4 Å².